The molecule has 2 heterocycles. The Morgan fingerprint density at radius 2 is 1.72 bits per heavy atom. The molecule has 2 amide bonds. The SMILES string of the molecule is CC(=O)N(C(C)=O)c1nc(N)nc(Sc2ncc(Br)c(Oc3ccccc3)n2)n1. The largest absolute Gasteiger partial charge is 0.438 e. The molecular formula is C17H14BrN7O3S. The van der Waals surface area contributed by atoms with Crippen molar-refractivity contribution in [1.82, 2.24) is 24.9 Å². The van der Waals surface area contributed by atoms with Crippen molar-refractivity contribution in [3.8, 4) is 11.6 Å². The van der Waals surface area contributed by atoms with Gasteiger partial charge in [-0.15, -0.1) is 0 Å². The molecular weight excluding hydrogens is 462 g/mol. The van der Waals surface area contributed by atoms with Crippen LogP contribution in [0.15, 0.2) is 51.3 Å². The van der Waals surface area contributed by atoms with Crippen LogP contribution in [0, 0.1) is 0 Å². The van der Waals surface area contributed by atoms with Crippen molar-refractivity contribution in [3.63, 3.8) is 0 Å². The first kappa shape index (κ1) is 20.6. The van der Waals surface area contributed by atoms with Crippen LogP contribution in [0.2, 0.25) is 0 Å². The average molecular weight is 476 g/mol. The van der Waals surface area contributed by atoms with Crippen LogP contribution in [0.1, 0.15) is 13.8 Å². The molecule has 12 heteroatoms. The number of carbonyl (C=O) groups is 2. The highest BCUT2D eigenvalue weighted by Gasteiger charge is 2.21. The standard InChI is InChI=1S/C17H14BrN7O3S/c1-9(26)25(10(2)27)15-22-14(19)23-17(24-15)29-16-20-8-12(18)13(21-16)28-11-6-4-3-5-7-11/h3-8H,1-2H3,(H2,19,22,23,24). The fraction of sp³-hybridized carbons (Fsp3) is 0.118. The van der Waals surface area contributed by atoms with E-state index in [1.54, 1.807) is 12.1 Å². The van der Waals surface area contributed by atoms with Gasteiger partial charge in [0.25, 0.3) is 0 Å². The number of hydrogen-bond donors (Lipinski definition) is 1. The van der Waals surface area contributed by atoms with Gasteiger partial charge < -0.3 is 10.5 Å². The number of aromatic nitrogens is 5. The first-order chi connectivity index (χ1) is 13.8. The Bertz CT molecular complexity index is 1050. The van der Waals surface area contributed by atoms with E-state index >= 15 is 0 Å². The number of para-hydroxylation sites is 1. The van der Waals surface area contributed by atoms with Gasteiger partial charge in [-0.1, -0.05) is 18.2 Å². The van der Waals surface area contributed by atoms with Crippen molar-refractivity contribution in [3.05, 3.63) is 41.0 Å². The molecule has 0 atom stereocenters. The monoisotopic (exact) mass is 475 g/mol. The minimum Gasteiger partial charge on any atom is -0.438 e. The van der Waals surface area contributed by atoms with Crippen LogP contribution in [0.3, 0.4) is 0 Å². The Morgan fingerprint density at radius 3 is 2.38 bits per heavy atom. The van der Waals surface area contributed by atoms with Gasteiger partial charge in [0.2, 0.25) is 34.7 Å². The lowest BCUT2D eigenvalue weighted by Gasteiger charge is -2.15. The summed E-state index contributed by atoms with van der Waals surface area (Å²) in [5.41, 5.74) is 5.71. The summed E-state index contributed by atoms with van der Waals surface area (Å²) in [6.07, 6.45) is 1.52. The smallest absolute Gasteiger partial charge is 0.244 e. The minimum absolute atomic E-state index is 0.119. The number of rotatable bonds is 5. The van der Waals surface area contributed by atoms with Crippen molar-refractivity contribution in [1.29, 1.82) is 0 Å². The maximum absolute atomic E-state index is 11.7. The molecule has 0 spiro atoms. The van der Waals surface area contributed by atoms with Gasteiger partial charge in [0.05, 0.1) is 4.47 Å². The van der Waals surface area contributed by atoms with Crippen molar-refractivity contribution in [2.24, 2.45) is 0 Å². The second-order valence-corrected chi connectivity index (χ2v) is 7.26. The van der Waals surface area contributed by atoms with Gasteiger partial charge in [-0.25, -0.2) is 9.88 Å². The number of carbonyl (C=O) groups excluding carboxylic acids is 2. The van der Waals surface area contributed by atoms with Crippen LogP contribution in [0.25, 0.3) is 0 Å². The Hall–Kier alpha value is -3.12. The molecule has 3 rings (SSSR count). The number of nitrogens with zero attached hydrogens (tertiary/aromatic N) is 6. The normalized spacial score (nSPS) is 10.4. The fourth-order valence-corrected chi connectivity index (χ4v) is 3.08. The van der Waals surface area contributed by atoms with Gasteiger partial charge in [-0.05, 0) is 39.8 Å². The highest BCUT2D eigenvalue weighted by atomic mass is 79.9. The maximum Gasteiger partial charge on any atom is 0.244 e. The van der Waals surface area contributed by atoms with Gasteiger partial charge in [0.15, 0.2) is 5.16 Å². The molecule has 0 bridgehead atoms. The topological polar surface area (TPSA) is 137 Å². The Morgan fingerprint density at radius 1 is 1.03 bits per heavy atom. The van der Waals surface area contributed by atoms with E-state index < -0.39 is 11.8 Å². The van der Waals surface area contributed by atoms with Crippen molar-refractivity contribution in [2.75, 3.05) is 10.6 Å². The maximum atomic E-state index is 11.7. The van der Waals surface area contributed by atoms with E-state index in [-0.39, 0.29) is 22.2 Å². The molecule has 29 heavy (non-hydrogen) atoms. The van der Waals surface area contributed by atoms with E-state index in [1.807, 2.05) is 18.2 Å². The highest BCUT2D eigenvalue weighted by Crippen LogP contribution is 2.31. The summed E-state index contributed by atoms with van der Waals surface area (Å²) in [5, 5.41) is 0.390. The van der Waals surface area contributed by atoms with Crippen LogP contribution in [0.5, 0.6) is 11.6 Å². The lowest BCUT2D eigenvalue weighted by molar-refractivity contribution is -0.124. The van der Waals surface area contributed by atoms with Crippen LogP contribution < -0.4 is 15.4 Å². The number of hydrogen-bond acceptors (Lipinski definition) is 10. The molecule has 0 unspecified atom stereocenters. The first-order valence-corrected chi connectivity index (χ1v) is 9.70. The highest BCUT2D eigenvalue weighted by molar-refractivity contribution is 9.10. The molecule has 10 nitrogen and oxygen atoms in total. The van der Waals surface area contributed by atoms with Crippen molar-refractivity contribution >= 4 is 51.4 Å². The van der Waals surface area contributed by atoms with Gasteiger partial charge >= 0.3 is 0 Å². The summed E-state index contributed by atoms with van der Waals surface area (Å²) in [5.74, 6) is -0.506. The molecule has 148 valence electrons. The molecule has 0 aliphatic heterocycles. The molecule has 0 fully saturated rings. The van der Waals surface area contributed by atoms with Crippen LogP contribution >= 0.6 is 27.7 Å². The summed E-state index contributed by atoms with van der Waals surface area (Å²) in [6.45, 7) is 2.44. The van der Waals surface area contributed by atoms with Gasteiger partial charge in [0, 0.05) is 20.0 Å². The third-order valence-corrected chi connectivity index (χ3v) is 4.57. The Kier molecular flexibility index (Phi) is 6.34. The van der Waals surface area contributed by atoms with Crippen molar-refractivity contribution < 1.29 is 14.3 Å². The summed E-state index contributed by atoms with van der Waals surface area (Å²) in [6, 6.07) is 9.13. The second-order valence-electron chi connectivity index (χ2n) is 5.47. The average Bonchev–Trinajstić information content (AvgIpc) is 2.64. The summed E-state index contributed by atoms with van der Waals surface area (Å²) >= 11 is 4.32. The number of nitrogen functional groups attached to an aromatic ring is 1. The molecule has 2 N–H and O–H groups in total. The summed E-state index contributed by atoms with van der Waals surface area (Å²) < 4.78 is 6.31. The lowest BCUT2D eigenvalue weighted by atomic mass is 10.3. The Balaban J connectivity index is 1.89. The zero-order chi connectivity index (χ0) is 21.0. The molecule has 0 aliphatic rings. The number of halogens is 1. The van der Waals surface area contributed by atoms with E-state index in [9.17, 15) is 9.59 Å². The predicted octanol–water partition coefficient (Wildman–Crippen LogP) is 2.85. The zero-order valence-corrected chi connectivity index (χ0v) is 17.6. The number of imide groups is 1. The van der Waals surface area contributed by atoms with Crippen LogP contribution in [-0.2, 0) is 9.59 Å². The number of benzene rings is 1. The molecule has 1 aromatic carbocycles. The predicted molar refractivity (Wildman–Crippen MR) is 108 cm³/mol. The number of ether oxygens (including phenoxy) is 1. The zero-order valence-electron chi connectivity index (χ0n) is 15.2. The molecule has 0 saturated heterocycles. The van der Waals surface area contributed by atoms with E-state index in [0.717, 1.165) is 16.7 Å². The molecule has 0 aliphatic carbocycles. The molecule has 3 aromatic rings. The summed E-state index contributed by atoms with van der Waals surface area (Å²) in [4.78, 5) is 44.8. The van der Waals surface area contributed by atoms with Gasteiger partial charge in [-0.2, -0.15) is 19.9 Å². The first-order valence-electron chi connectivity index (χ1n) is 8.09. The van der Waals surface area contributed by atoms with E-state index in [4.69, 9.17) is 10.5 Å². The number of nitrogens with two attached hydrogens (primary N) is 1. The summed E-state index contributed by atoms with van der Waals surface area (Å²) in [7, 11) is 0. The minimum atomic E-state index is -0.544. The molecule has 0 radical (unpaired) electrons. The van der Waals surface area contributed by atoms with Gasteiger partial charge in [-0.3, -0.25) is 9.59 Å². The quantitative estimate of drug-likeness (QED) is 0.547. The molecule has 2 aromatic heterocycles. The third kappa shape index (κ3) is 5.23. The van der Waals surface area contributed by atoms with Crippen molar-refractivity contribution in [2.45, 2.75) is 24.2 Å². The molecule has 0 saturated carbocycles. The van der Waals surface area contributed by atoms with Gasteiger partial charge in [0.1, 0.15) is 5.75 Å². The van der Waals surface area contributed by atoms with E-state index in [0.29, 0.717) is 16.1 Å². The number of amides is 2. The van der Waals surface area contributed by atoms with Crippen LogP contribution in [-0.4, -0.2) is 36.7 Å². The Labute approximate surface area is 178 Å². The van der Waals surface area contributed by atoms with E-state index in [1.165, 1.54) is 20.0 Å². The number of anilines is 2. The fourth-order valence-electron chi connectivity index (χ4n) is 2.15. The second kappa shape index (κ2) is 8.92. The third-order valence-electron chi connectivity index (χ3n) is 3.28. The lowest BCUT2D eigenvalue weighted by Crippen LogP contribution is -2.35. The van der Waals surface area contributed by atoms with Crippen LogP contribution in [0.4, 0.5) is 11.9 Å². The van der Waals surface area contributed by atoms with E-state index in [2.05, 4.69) is 40.8 Å².